The molecule has 0 unspecified atom stereocenters. The molecule has 0 fully saturated rings. The molecule has 2 heterocycles. The first-order valence-electron chi connectivity index (χ1n) is 7.64. The second kappa shape index (κ2) is 5.48. The van der Waals surface area contributed by atoms with E-state index < -0.39 is 11.2 Å². The lowest BCUT2D eigenvalue weighted by Gasteiger charge is -1.98. The topological polar surface area (TPSA) is 103 Å². The summed E-state index contributed by atoms with van der Waals surface area (Å²) < 4.78 is 0.775. The zero-order chi connectivity index (χ0) is 17.6. The van der Waals surface area contributed by atoms with E-state index in [4.69, 9.17) is 0 Å². The zero-order valence-electron chi connectivity index (χ0n) is 13.3. The molecular formula is C18H14N4O3. The molecule has 0 atom stereocenters. The van der Waals surface area contributed by atoms with Crippen LogP contribution in [0.2, 0.25) is 0 Å². The number of hydrogen-bond donors (Lipinski definition) is 3. The van der Waals surface area contributed by atoms with E-state index in [1.165, 1.54) is 18.3 Å². The van der Waals surface area contributed by atoms with Gasteiger partial charge in [0, 0.05) is 10.9 Å². The Morgan fingerprint density at radius 3 is 2.56 bits per heavy atom. The van der Waals surface area contributed by atoms with Crippen LogP contribution in [0.3, 0.4) is 0 Å². The first-order chi connectivity index (χ1) is 12.0. The van der Waals surface area contributed by atoms with Gasteiger partial charge in [-0.15, -0.1) is 4.68 Å². The van der Waals surface area contributed by atoms with E-state index in [1.807, 2.05) is 25.1 Å². The number of H-pyrrole nitrogens is 2. The first kappa shape index (κ1) is 14.9. The van der Waals surface area contributed by atoms with Gasteiger partial charge in [-0.25, -0.2) is 4.79 Å². The van der Waals surface area contributed by atoms with Crippen molar-refractivity contribution in [3.8, 4) is 5.75 Å². The lowest BCUT2D eigenvalue weighted by molar-refractivity contribution is 0.475. The standard InChI is InChI=1S/C18H14N4O3/c1-10-2-7-14-13(8-10)15-16(20-14)17(24)22(18(25)21-15)19-9-11-3-5-12(23)6-4-11/h2-9,20,23H,1H3,(H,21,25)/b19-9+. The SMILES string of the molecule is Cc1ccc2[nH]c3c(=O)n(/N=C/c4ccc(O)cc4)c(=O)[nH]c3c2c1. The lowest BCUT2D eigenvalue weighted by Crippen LogP contribution is -2.32. The van der Waals surface area contributed by atoms with Crippen LogP contribution in [0.4, 0.5) is 0 Å². The highest BCUT2D eigenvalue weighted by Crippen LogP contribution is 2.21. The molecule has 3 N–H and O–H groups in total. The van der Waals surface area contributed by atoms with Gasteiger partial charge in [-0.2, -0.15) is 5.10 Å². The molecule has 0 radical (unpaired) electrons. The second-order valence-electron chi connectivity index (χ2n) is 5.81. The van der Waals surface area contributed by atoms with Gasteiger partial charge in [0.05, 0.1) is 11.7 Å². The molecule has 0 spiro atoms. The molecule has 4 aromatic rings. The van der Waals surface area contributed by atoms with Gasteiger partial charge >= 0.3 is 11.2 Å². The number of rotatable bonds is 2. The third-order valence-corrected chi connectivity index (χ3v) is 4.00. The Morgan fingerprint density at radius 2 is 1.80 bits per heavy atom. The van der Waals surface area contributed by atoms with Gasteiger partial charge in [0.15, 0.2) is 0 Å². The molecular weight excluding hydrogens is 320 g/mol. The van der Waals surface area contributed by atoms with Crippen molar-refractivity contribution in [1.82, 2.24) is 14.6 Å². The molecule has 7 nitrogen and oxygen atoms in total. The van der Waals surface area contributed by atoms with Crippen LogP contribution in [0.25, 0.3) is 21.9 Å². The summed E-state index contributed by atoms with van der Waals surface area (Å²) in [6.45, 7) is 1.94. The fraction of sp³-hybridized carbons (Fsp3) is 0.0556. The Balaban J connectivity index is 1.90. The van der Waals surface area contributed by atoms with Crippen molar-refractivity contribution >= 4 is 28.2 Å². The van der Waals surface area contributed by atoms with E-state index >= 15 is 0 Å². The number of phenolic OH excluding ortho intramolecular Hbond substituents is 1. The van der Waals surface area contributed by atoms with Crippen molar-refractivity contribution in [3.05, 3.63) is 74.4 Å². The smallest absolute Gasteiger partial charge is 0.350 e. The molecule has 4 rings (SSSR count). The number of phenols is 1. The van der Waals surface area contributed by atoms with Crippen molar-refractivity contribution in [2.24, 2.45) is 5.10 Å². The summed E-state index contributed by atoms with van der Waals surface area (Å²) in [6, 6.07) is 12.0. The van der Waals surface area contributed by atoms with E-state index in [2.05, 4.69) is 15.1 Å². The van der Waals surface area contributed by atoms with Gasteiger partial charge in [-0.1, -0.05) is 11.6 Å². The Hall–Kier alpha value is -3.61. The van der Waals surface area contributed by atoms with Gasteiger partial charge in [0.25, 0.3) is 0 Å². The molecule has 0 aliphatic carbocycles. The maximum absolute atomic E-state index is 12.6. The minimum atomic E-state index is -0.616. The molecule has 0 aliphatic heterocycles. The van der Waals surface area contributed by atoms with Crippen LogP contribution in [0.1, 0.15) is 11.1 Å². The molecule has 0 aliphatic rings. The average molecular weight is 334 g/mol. The maximum Gasteiger partial charge on any atom is 0.350 e. The number of aromatic amines is 2. The summed E-state index contributed by atoms with van der Waals surface area (Å²) in [5.41, 5.74) is 2.08. The van der Waals surface area contributed by atoms with Crippen molar-refractivity contribution in [1.29, 1.82) is 0 Å². The average Bonchev–Trinajstić information content (AvgIpc) is 2.94. The number of aromatic nitrogens is 3. The third kappa shape index (κ3) is 2.51. The predicted molar refractivity (Wildman–Crippen MR) is 96.5 cm³/mol. The van der Waals surface area contributed by atoms with E-state index in [9.17, 15) is 14.7 Å². The molecule has 0 amide bonds. The largest absolute Gasteiger partial charge is 0.508 e. The van der Waals surface area contributed by atoms with Crippen LogP contribution in [-0.2, 0) is 0 Å². The Kier molecular flexibility index (Phi) is 3.28. The summed E-state index contributed by atoms with van der Waals surface area (Å²) in [4.78, 5) is 30.7. The number of benzene rings is 2. The summed E-state index contributed by atoms with van der Waals surface area (Å²) in [5.74, 6) is 0.127. The Labute approximate surface area is 140 Å². The summed E-state index contributed by atoms with van der Waals surface area (Å²) in [5, 5.41) is 14.0. The monoisotopic (exact) mass is 334 g/mol. The van der Waals surface area contributed by atoms with Crippen LogP contribution < -0.4 is 11.2 Å². The van der Waals surface area contributed by atoms with Crippen molar-refractivity contribution < 1.29 is 5.11 Å². The number of nitrogens with zero attached hydrogens (tertiary/aromatic N) is 2. The fourth-order valence-electron chi connectivity index (χ4n) is 2.74. The quantitative estimate of drug-likeness (QED) is 0.489. The summed E-state index contributed by atoms with van der Waals surface area (Å²) in [6.07, 6.45) is 1.38. The number of hydrogen-bond acceptors (Lipinski definition) is 4. The van der Waals surface area contributed by atoms with Crippen molar-refractivity contribution in [2.75, 3.05) is 0 Å². The van der Waals surface area contributed by atoms with E-state index in [-0.39, 0.29) is 5.75 Å². The van der Waals surface area contributed by atoms with Crippen molar-refractivity contribution in [3.63, 3.8) is 0 Å². The van der Waals surface area contributed by atoms with E-state index in [0.717, 1.165) is 21.1 Å². The Bertz CT molecular complexity index is 1240. The normalized spacial score (nSPS) is 11.7. The highest BCUT2D eigenvalue weighted by Gasteiger charge is 2.12. The molecule has 0 saturated heterocycles. The lowest BCUT2D eigenvalue weighted by atomic mass is 10.2. The molecule has 0 bridgehead atoms. The molecule has 124 valence electrons. The van der Waals surface area contributed by atoms with Gasteiger partial charge in [-0.05, 0) is 48.9 Å². The molecule has 7 heteroatoms. The summed E-state index contributed by atoms with van der Waals surface area (Å²) in [7, 11) is 0. The fourth-order valence-corrected chi connectivity index (χ4v) is 2.74. The van der Waals surface area contributed by atoms with Gasteiger partial charge in [-0.3, -0.25) is 4.79 Å². The molecule has 0 saturated carbocycles. The molecule has 25 heavy (non-hydrogen) atoms. The number of aryl methyl sites for hydroxylation is 1. The van der Waals surface area contributed by atoms with Crippen LogP contribution in [0.5, 0.6) is 5.75 Å². The van der Waals surface area contributed by atoms with Gasteiger partial charge < -0.3 is 15.1 Å². The van der Waals surface area contributed by atoms with Crippen LogP contribution in [0.15, 0.2) is 57.2 Å². The zero-order valence-corrected chi connectivity index (χ0v) is 13.3. The molecule has 2 aromatic carbocycles. The highest BCUT2D eigenvalue weighted by atomic mass is 16.3. The van der Waals surface area contributed by atoms with Crippen molar-refractivity contribution in [2.45, 2.75) is 6.92 Å². The number of aromatic hydroxyl groups is 1. The number of fused-ring (bicyclic) bond motifs is 3. The first-order valence-corrected chi connectivity index (χ1v) is 7.64. The minimum absolute atomic E-state index is 0.127. The predicted octanol–water partition coefficient (Wildman–Crippen LogP) is 2.07. The van der Waals surface area contributed by atoms with Crippen LogP contribution in [-0.4, -0.2) is 26.0 Å². The maximum atomic E-state index is 12.6. The summed E-state index contributed by atoms with van der Waals surface area (Å²) >= 11 is 0. The van der Waals surface area contributed by atoms with E-state index in [1.54, 1.807) is 12.1 Å². The highest BCUT2D eigenvalue weighted by molar-refractivity contribution is 6.04. The van der Waals surface area contributed by atoms with Crippen LogP contribution in [0, 0.1) is 6.92 Å². The van der Waals surface area contributed by atoms with Gasteiger partial charge in [0.1, 0.15) is 11.3 Å². The third-order valence-electron chi connectivity index (χ3n) is 4.00. The molecule has 2 aromatic heterocycles. The van der Waals surface area contributed by atoms with Gasteiger partial charge in [0.2, 0.25) is 0 Å². The number of nitrogens with one attached hydrogen (secondary N) is 2. The van der Waals surface area contributed by atoms with E-state index in [0.29, 0.717) is 16.6 Å². The van der Waals surface area contributed by atoms with Crippen LogP contribution >= 0.6 is 0 Å². The Morgan fingerprint density at radius 1 is 1.04 bits per heavy atom. The second-order valence-corrected chi connectivity index (χ2v) is 5.81. The minimum Gasteiger partial charge on any atom is -0.508 e.